The Morgan fingerprint density at radius 3 is 2.72 bits per heavy atom. The van der Waals surface area contributed by atoms with Gasteiger partial charge in [-0.1, -0.05) is 38.0 Å². The molecule has 0 heterocycles. The third-order valence-corrected chi connectivity index (χ3v) is 3.36. The van der Waals surface area contributed by atoms with Gasteiger partial charge >= 0.3 is 0 Å². The van der Waals surface area contributed by atoms with Crippen molar-refractivity contribution in [3.63, 3.8) is 0 Å². The predicted molar refractivity (Wildman–Crippen MR) is 75.2 cm³/mol. The lowest BCUT2D eigenvalue weighted by Gasteiger charge is -2.15. The Kier molecular flexibility index (Phi) is 6.06. The summed E-state index contributed by atoms with van der Waals surface area (Å²) in [6.45, 7) is 6.34. The molecule has 1 aromatic rings. The van der Waals surface area contributed by atoms with E-state index in [1.54, 1.807) is 0 Å². The predicted octanol–water partition coefficient (Wildman–Crippen LogP) is 3.85. The normalized spacial score (nSPS) is 12.4. The van der Waals surface area contributed by atoms with Gasteiger partial charge in [-0.3, -0.25) is 4.79 Å². The van der Waals surface area contributed by atoms with Crippen molar-refractivity contribution in [2.45, 2.75) is 52.4 Å². The number of unbranched alkanes of at least 4 members (excludes halogenated alkanes) is 1. The molecule has 0 aliphatic heterocycles. The number of carbonyl (C=O) groups excluding carboxylic acids is 1. The van der Waals surface area contributed by atoms with Crippen LogP contribution in [-0.2, 0) is 0 Å². The molecule has 2 heteroatoms. The second-order valence-corrected chi connectivity index (χ2v) is 5.03. The number of aryl methyl sites for hydroxylation is 1. The van der Waals surface area contributed by atoms with E-state index in [2.05, 4.69) is 13.8 Å². The van der Waals surface area contributed by atoms with E-state index in [4.69, 9.17) is 5.11 Å². The first-order chi connectivity index (χ1) is 8.60. The highest BCUT2D eigenvalue weighted by molar-refractivity contribution is 5.97. The van der Waals surface area contributed by atoms with Crippen molar-refractivity contribution >= 4 is 5.78 Å². The Morgan fingerprint density at radius 1 is 1.39 bits per heavy atom. The van der Waals surface area contributed by atoms with E-state index in [9.17, 15) is 4.79 Å². The van der Waals surface area contributed by atoms with Crippen LogP contribution in [-0.4, -0.2) is 17.5 Å². The summed E-state index contributed by atoms with van der Waals surface area (Å²) in [5, 5.41) is 9.04. The summed E-state index contributed by atoms with van der Waals surface area (Å²) in [7, 11) is 0. The first-order valence-corrected chi connectivity index (χ1v) is 6.84. The van der Waals surface area contributed by atoms with Gasteiger partial charge in [0.15, 0.2) is 5.78 Å². The maximum Gasteiger partial charge on any atom is 0.163 e. The van der Waals surface area contributed by atoms with Crippen molar-refractivity contribution in [1.82, 2.24) is 0 Å². The van der Waals surface area contributed by atoms with Crippen LogP contribution in [0.15, 0.2) is 18.2 Å². The van der Waals surface area contributed by atoms with Crippen LogP contribution in [0.4, 0.5) is 0 Å². The summed E-state index contributed by atoms with van der Waals surface area (Å²) < 4.78 is 0. The fourth-order valence-corrected chi connectivity index (χ4v) is 2.16. The molecule has 0 unspecified atom stereocenters. The summed E-state index contributed by atoms with van der Waals surface area (Å²) in [5.41, 5.74) is 3.05. The van der Waals surface area contributed by atoms with Crippen molar-refractivity contribution < 1.29 is 9.90 Å². The molecule has 0 bridgehead atoms. The van der Waals surface area contributed by atoms with Gasteiger partial charge in [-0.15, -0.1) is 0 Å². The average molecular weight is 248 g/mol. The summed E-state index contributed by atoms with van der Waals surface area (Å²) in [4.78, 5) is 12.2. The van der Waals surface area contributed by atoms with Crippen LogP contribution in [0.1, 0.15) is 66.9 Å². The minimum absolute atomic E-state index is 0.164. The largest absolute Gasteiger partial charge is 0.396 e. The topological polar surface area (TPSA) is 37.3 Å². The molecular weight excluding hydrogens is 224 g/mol. The van der Waals surface area contributed by atoms with Gasteiger partial charge in [0.2, 0.25) is 0 Å². The smallest absolute Gasteiger partial charge is 0.163 e. The number of benzene rings is 1. The quantitative estimate of drug-likeness (QED) is 0.744. The summed E-state index contributed by atoms with van der Waals surface area (Å²) in [5.74, 6) is 0.469. The van der Waals surface area contributed by atoms with Crippen LogP contribution < -0.4 is 0 Å². The molecule has 0 saturated heterocycles. The van der Waals surface area contributed by atoms with Gasteiger partial charge < -0.3 is 5.11 Å². The van der Waals surface area contributed by atoms with Crippen LogP contribution in [0, 0.1) is 6.92 Å². The number of aliphatic hydroxyl groups excluding tert-OH is 1. The van der Waals surface area contributed by atoms with Gasteiger partial charge in [-0.2, -0.15) is 0 Å². The van der Waals surface area contributed by atoms with E-state index in [0.29, 0.717) is 12.8 Å². The van der Waals surface area contributed by atoms with E-state index < -0.39 is 0 Å². The molecular formula is C16H24O2. The lowest BCUT2D eigenvalue weighted by atomic mass is 9.89. The van der Waals surface area contributed by atoms with Crippen LogP contribution in [0.25, 0.3) is 0 Å². The van der Waals surface area contributed by atoms with E-state index >= 15 is 0 Å². The Balaban J connectivity index is 2.99. The van der Waals surface area contributed by atoms with Gasteiger partial charge in [0, 0.05) is 18.6 Å². The van der Waals surface area contributed by atoms with Crippen molar-refractivity contribution in [3.8, 4) is 0 Å². The van der Waals surface area contributed by atoms with Crippen LogP contribution in [0.5, 0.6) is 0 Å². The molecule has 1 atom stereocenters. The van der Waals surface area contributed by atoms with Crippen molar-refractivity contribution in [2.75, 3.05) is 6.61 Å². The fraction of sp³-hybridized carbons (Fsp3) is 0.562. The number of aliphatic hydroxyl groups is 1. The molecule has 2 nitrogen and oxygen atoms in total. The van der Waals surface area contributed by atoms with Crippen molar-refractivity contribution in [2.24, 2.45) is 0 Å². The van der Waals surface area contributed by atoms with Crippen LogP contribution in [0.2, 0.25) is 0 Å². The Morgan fingerprint density at radius 2 is 2.11 bits per heavy atom. The Bertz CT molecular complexity index is 396. The zero-order valence-corrected chi connectivity index (χ0v) is 11.7. The molecule has 0 saturated carbocycles. The standard InChI is InChI=1S/C16H24O2/c1-4-5-6-16(18)15-11-12(2)7-8-14(15)13(3)9-10-17/h7-8,11,13,17H,4-6,9-10H2,1-3H3/t13-/m1/s1. The molecule has 1 N–H and O–H groups in total. The van der Waals surface area contributed by atoms with Gasteiger partial charge in [-0.05, 0) is 37.3 Å². The van der Waals surface area contributed by atoms with Crippen LogP contribution in [0.3, 0.4) is 0 Å². The van der Waals surface area contributed by atoms with Crippen molar-refractivity contribution in [1.29, 1.82) is 0 Å². The minimum atomic E-state index is 0.164. The molecule has 0 aromatic heterocycles. The average Bonchev–Trinajstić information content (AvgIpc) is 2.36. The second-order valence-electron chi connectivity index (χ2n) is 5.03. The van der Waals surface area contributed by atoms with E-state index in [0.717, 1.165) is 29.5 Å². The maximum absolute atomic E-state index is 12.2. The van der Waals surface area contributed by atoms with Gasteiger partial charge in [0.05, 0.1) is 0 Å². The highest BCUT2D eigenvalue weighted by atomic mass is 16.3. The minimum Gasteiger partial charge on any atom is -0.396 e. The molecule has 100 valence electrons. The maximum atomic E-state index is 12.2. The molecule has 0 radical (unpaired) electrons. The molecule has 0 aliphatic rings. The van der Waals surface area contributed by atoms with E-state index in [1.165, 1.54) is 0 Å². The molecule has 1 rings (SSSR count). The Labute approximate surface area is 110 Å². The number of hydrogen-bond acceptors (Lipinski definition) is 2. The number of rotatable bonds is 7. The lowest BCUT2D eigenvalue weighted by Crippen LogP contribution is -2.08. The summed E-state index contributed by atoms with van der Waals surface area (Å²) in [6.07, 6.45) is 3.32. The molecule has 0 aliphatic carbocycles. The number of hydrogen-bond donors (Lipinski definition) is 1. The van der Waals surface area contributed by atoms with E-state index in [-0.39, 0.29) is 18.3 Å². The molecule has 0 spiro atoms. The summed E-state index contributed by atoms with van der Waals surface area (Å²) >= 11 is 0. The van der Waals surface area contributed by atoms with Gasteiger partial charge in [0.1, 0.15) is 0 Å². The molecule has 0 amide bonds. The number of ketones is 1. The lowest BCUT2D eigenvalue weighted by molar-refractivity contribution is 0.0978. The highest BCUT2D eigenvalue weighted by Crippen LogP contribution is 2.25. The summed E-state index contributed by atoms with van der Waals surface area (Å²) in [6, 6.07) is 6.07. The first kappa shape index (κ1) is 14.9. The Hall–Kier alpha value is -1.15. The SMILES string of the molecule is CCCCC(=O)c1cc(C)ccc1[C@H](C)CCO. The third-order valence-electron chi connectivity index (χ3n) is 3.36. The van der Waals surface area contributed by atoms with Gasteiger partial charge in [-0.25, -0.2) is 0 Å². The molecule has 0 fully saturated rings. The number of Topliss-reactive ketones (excluding diaryl/α,β-unsaturated/α-hetero) is 1. The molecule has 1 aromatic carbocycles. The third kappa shape index (κ3) is 3.95. The highest BCUT2D eigenvalue weighted by Gasteiger charge is 2.15. The second kappa shape index (κ2) is 7.32. The molecule has 18 heavy (non-hydrogen) atoms. The van der Waals surface area contributed by atoms with Crippen LogP contribution >= 0.6 is 0 Å². The zero-order chi connectivity index (χ0) is 13.5. The van der Waals surface area contributed by atoms with E-state index in [1.807, 2.05) is 25.1 Å². The monoisotopic (exact) mass is 248 g/mol. The first-order valence-electron chi connectivity index (χ1n) is 6.84. The van der Waals surface area contributed by atoms with Gasteiger partial charge in [0.25, 0.3) is 0 Å². The van der Waals surface area contributed by atoms with Crippen molar-refractivity contribution in [3.05, 3.63) is 34.9 Å². The number of carbonyl (C=O) groups is 1. The fourth-order valence-electron chi connectivity index (χ4n) is 2.16. The zero-order valence-electron chi connectivity index (χ0n) is 11.7.